The highest BCUT2D eigenvalue weighted by Gasteiger charge is 2.62. The Morgan fingerprint density at radius 1 is 1.05 bits per heavy atom. The average Bonchev–Trinajstić information content (AvgIpc) is 3.30. The summed E-state index contributed by atoms with van der Waals surface area (Å²) in [5.74, 6) is -1.34. The van der Waals surface area contributed by atoms with Crippen LogP contribution in [0.3, 0.4) is 0 Å². The van der Waals surface area contributed by atoms with Gasteiger partial charge < -0.3 is 19.9 Å². The Hall–Kier alpha value is -3.49. The van der Waals surface area contributed by atoms with E-state index < -0.39 is 29.6 Å². The first-order valence-electron chi connectivity index (χ1n) is 16.0. The van der Waals surface area contributed by atoms with Gasteiger partial charge in [-0.25, -0.2) is 0 Å². The Bertz CT molecular complexity index is 1250. The van der Waals surface area contributed by atoms with Crippen molar-refractivity contribution < 1.29 is 28.7 Å². The first-order chi connectivity index (χ1) is 20.7. The fourth-order valence-electron chi connectivity index (χ4n) is 7.23. The molecule has 0 spiro atoms. The fraction of sp³-hybridized carbons (Fsp3) is 0.618. The molecule has 4 aliphatic rings. The molecule has 1 aromatic carbocycles. The third kappa shape index (κ3) is 7.02. The molecule has 5 rings (SSSR count). The number of nitrogens with zero attached hydrogens (tertiary/aromatic N) is 2. The minimum atomic E-state index is -0.921. The number of carbonyl (C=O) groups is 5. The van der Waals surface area contributed by atoms with Crippen LogP contribution in [0.2, 0.25) is 0 Å². The highest BCUT2D eigenvalue weighted by molar-refractivity contribution is 5.98. The van der Waals surface area contributed by atoms with Gasteiger partial charge in [-0.2, -0.15) is 0 Å². The van der Waals surface area contributed by atoms with Crippen molar-refractivity contribution in [1.82, 2.24) is 15.1 Å². The van der Waals surface area contributed by atoms with Gasteiger partial charge in [-0.1, -0.05) is 62.2 Å². The number of ether oxygens (including phenoxy) is 1. The summed E-state index contributed by atoms with van der Waals surface area (Å²) in [7, 11) is 0. The van der Waals surface area contributed by atoms with Crippen LogP contribution in [-0.4, -0.2) is 70.6 Å². The van der Waals surface area contributed by atoms with E-state index in [1.807, 2.05) is 37.3 Å². The number of ketones is 1. The molecule has 6 atom stereocenters. The minimum absolute atomic E-state index is 0.00527. The number of hydrogen-bond donors (Lipinski definition) is 1. The second kappa shape index (κ2) is 13.4. The number of allylic oxidation sites excluding steroid dienone is 2. The van der Waals surface area contributed by atoms with Crippen LogP contribution < -0.4 is 5.32 Å². The van der Waals surface area contributed by atoms with Crippen molar-refractivity contribution in [2.75, 3.05) is 13.1 Å². The summed E-state index contributed by atoms with van der Waals surface area (Å²) in [5.41, 5.74) is 0.0674. The van der Waals surface area contributed by atoms with E-state index in [1.54, 1.807) is 9.80 Å². The first-order valence-corrected chi connectivity index (χ1v) is 16.0. The van der Waals surface area contributed by atoms with Gasteiger partial charge in [0.2, 0.25) is 17.7 Å². The Balaban J connectivity index is 1.36. The average molecular weight is 592 g/mol. The normalized spacial score (nSPS) is 32.2. The molecule has 9 heteroatoms. The Morgan fingerprint density at radius 3 is 2.60 bits per heavy atom. The third-order valence-electron chi connectivity index (χ3n) is 9.72. The summed E-state index contributed by atoms with van der Waals surface area (Å²) in [5, 5.41) is 3.00. The van der Waals surface area contributed by atoms with Crippen molar-refractivity contribution in [1.29, 1.82) is 0 Å². The van der Waals surface area contributed by atoms with Gasteiger partial charge in [0.15, 0.2) is 5.78 Å². The van der Waals surface area contributed by atoms with Gasteiger partial charge in [-0.15, -0.1) is 0 Å². The number of amides is 3. The molecular weight excluding hydrogens is 546 g/mol. The standard InChI is InChI=1S/C34H45N3O6/c1-23-12-7-4-3-5-10-15-26-19-34(26,20-30(39)29-18-27(43-24(2)38)22-37(29)32(23)41)33(42)36-17-11-16-28(36)31(40)35-21-25-13-8-6-9-14-25/h6,8-10,13-15,23,26-29H,3-5,7,11-12,16-22H2,1-2H3,(H,35,40)/b15-10-/t23-,26-,27+,28+,29-,34+/m0/s1. The van der Waals surface area contributed by atoms with Crippen LogP contribution >= 0.6 is 0 Å². The molecule has 3 fully saturated rings. The Labute approximate surface area is 254 Å². The maximum atomic E-state index is 14.3. The molecule has 9 nitrogen and oxygen atoms in total. The summed E-state index contributed by atoms with van der Waals surface area (Å²) >= 11 is 0. The van der Waals surface area contributed by atoms with Gasteiger partial charge >= 0.3 is 5.97 Å². The van der Waals surface area contributed by atoms with E-state index in [0.717, 1.165) is 44.1 Å². The molecule has 43 heavy (non-hydrogen) atoms. The van der Waals surface area contributed by atoms with Crippen LogP contribution in [0.5, 0.6) is 0 Å². The van der Waals surface area contributed by atoms with Crippen LogP contribution in [0.25, 0.3) is 0 Å². The van der Waals surface area contributed by atoms with Crippen LogP contribution in [0, 0.1) is 17.3 Å². The number of benzene rings is 1. The number of carbonyl (C=O) groups excluding carboxylic acids is 5. The van der Waals surface area contributed by atoms with Crippen molar-refractivity contribution in [3.8, 4) is 0 Å². The molecule has 1 N–H and O–H groups in total. The predicted molar refractivity (Wildman–Crippen MR) is 160 cm³/mol. The molecular formula is C34H45N3O6. The number of likely N-dealkylation sites (tertiary alicyclic amines) is 1. The van der Waals surface area contributed by atoms with Crippen LogP contribution in [-0.2, 0) is 35.3 Å². The molecule has 0 bridgehead atoms. The third-order valence-corrected chi connectivity index (χ3v) is 9.72. The van der Waals surface area contributed by atoms with Gasteiger partial charge in [-0.3, -0.25) is 24.0 Å². The number of hydrogen-bond acceptors (Lipinski definition) is 6. The highest BCUT2D eigenvalue weighted by Crippen LogP contribution is 2.58. The summed E-state index contributed by atoms with van der Waals surface area (Å²) in [6, 6.07) is 8.37. The number of nitrogens with one attached hydrogen (secondary N) is 1. The zero-order valence-electron chi connectivity index (χ0n) is 25.5. The highest BCUT2D eigenvalue weighted by atomic mass is 16.5. The lowest BCUT2D eigenvalue weighted by Crippen LogP contribution is -2.50. The van der Waals surface area contributed by atoms with E-state index in [9.17, 15) is 24.0 Å². The molecule has 2 saturated heterocycles. The van der Waals surface area contributed by atoms with Crippen molar-refractivity contribution in [2.45, 2.75) is 103 Å². The van der Waals surface area contributed by atoms with Crippen LogP contribution in [0.4, 0.5) is 0 Å². The second-order valence-electron chi connectivity index (χ2n) is 12.9. The van der Waals surface area contributed by atoms with Gasteiger partial charge in [0.1, 0.15) is 12.1 Å². The monoisotopic (exact) mass is 591 g/mol. The van der Waals surface area contributed by atoms with E-state index in [-0.39, 0.29) is 54.7 Å². The Kier molecular flexibility index (Phi) is 9.67. The molecule has 0 radical (unpaired) electrons. The van der Waals surface area contributed by atoms with Crippen molar-refractivity contribution in [3.63, 3.8) is 0 Å². The lowest BCUT2D eigenvalue weighted by molar-refractivity contribution is -0.147. The van der Waals surface area contributed by atoms with Crippen molar-refractivity contribution >= 4 is 29.5 Å². The number of rotatable bonds is 5. The quantitative estimate of drug-likeness (QED) is 0.410. The number of Topliss-reactive ketones (excluding diaryl/α,β-unsaturated/α-hetero) is 1. The molecule has 232 valence electrons. The van der Waals surface area contributed by atoms with E-state index >= 15 is 0 Å². The molecule has 1 saturated carbocycles. The van der Waals surface area contributed by atoms with Crippen molar-refractivity contribution in [3.05, 3.63) is 48.0 Å². The maximum absolute atomic E-state index is 14.3. The van der Waals surface area contributed by atoms with E-state index in [0.29, 0.717) is 25.9 Å². The SMILES string of the molecule is CC(=O)O[C@@H]1C[C@H]2C(=O)C[C@]3(C(=O)N4CCC[C@@H]4C(=O)NCc4ccccc4)C[C@@H]3/C=C\CCCCC[C@H](C)C(=O)N2C1. The molecule has 3 aliphatic heterocycles. The summed E-state index contributed by atoms with van der Waals surface area (Å²) in [4.78, 5) is 70.2. The summed E-state index contributed by atoms with van der Waals surface area (Å²) < 4.78 is 5.46. The molecule has 1 aliphatic carbocycles. The largest absolute Gasteiger partial charge is 0.461 e. The second-order valence-corrected chi connectivity index (χ2v) is 12.9. The summed E-state index contributed by atoms with van der Waals surface area (Å²) in [6.07, 6.45) is 10.4. The van der Waals surface area contributed by atoms with E-state index in [1.165, 1.54) is 6.92 Å². The molecule has 3 amide bonds. The zero-order chi connectivity index (χ0) is 30.6. The van der Waals surface area contributed by atoms with Crippen LogP contribution in [0.1, 0.15) is 83.6 Å². The molecule has 1 aromatic rings. The number of esters is 1. The first kappa shape index (κ1) is 31.0. The molecule has 0 unspecified atom stereocenters. The molecule has 0 aromatic heterocycles. The Morgan fingerprint density at radius 2 is 1.84 bits per heavy atom. The number of fused-ring (bicyclic) bond motifs is 2. The van der Waals surface area contributed by atoms with E-state index in [2.05, 4.69) is 17.5 Å². The van der Waals surface area contributed by atoms with Gasteiger partial charge in [-0.05, 0) is 50.0 Å². The van der Waals surface area contributed by atoms with Crippen LogP contribution in [0.15, 0.2) is 42.5 Å². The predicted octanol–water partition coefficient (Wildman–Crippen LogP) is 3.95. The lowest BCUT2D eigenvalue weighted by atomic mass is 9.90. The minimum Gasteiger partial charge on any atom is -0.461 e. The lowest BCUT2D eigenvalue weighted by Gasteiger charge is -2.31. The summed E-state index contributed by atoms with van der Waals surface area (Å²) in [6.45, 7) is 4.30. The molecule has 3 heterocycles. The van der Waals surface area contributed by atoms with E-state index in [4.69, 9.17) is 4.74 Å². The van der Waals surface area contributed by atoms with Gasteiger partial charge in [0, 0.05) is 38.8 Å². The topological polar surface area (TPSA) is 113 Å². The zero-order valence-corrected chi connectivity index (χ0v) is 25.5. The smallest absolute Gasteiger partial charge is 0.302 e. The fourth-order valence-corrected chi connectivity index (χ4v) is 7.23. The van der Waals surface area contributed by atoms with Crippen molar-refractivity contribution in [2.24, 2.45) is 17.3 Å². The maximum Gasteiger partial charge on any atom is 0.302 e. The van der Waals surface area contributed by atoms with Gasteiger partial charge in [0.25, 0.3) is 0 Å². The van der Waals surface area contributed by atoms with Gasteiger partial charge in [0.05, 0.1) is 18.0 Å².